The molecule has 3 saturated carbocycles. The minimum Gasteiger partial charge on any atom is -0.462 e. The summed E-state index contributed by atoms with van der Waals surface area (Å²) in [5, 5.41) is 0. The van der Waals surface area contributed by atoms with Crippen LogP contribution in [0.4, 0.5) is 0 Å². The van der Waals surface area contributed by atoms with Gasteiger partial charge in [0.05, 0.1) is 0 Å². The van der Waals surface area contributed by atoms with Gasteiger partial charge in [0.1, 0.15) is 6.10 Å². The molecule has 31 heavy (non-hydrogen) atoms. The van der Waals surface area contributed by atoms with Crippen molar-refractivity contribution in [3.8, 4) is 0 Å². The molecule has 0 aromatic carbocycles. The number of carbonyl (C=O) groups excluding carboxylic acids is 1. The summed E-state index contributed by atoms with van der Waals surface area (Å²) in [5.74, 6) is 3.16. The Morgan fingerprint density at radius 3 is 2.52 bits per heavy atom. The number of fused-ring (bicyclic) bond motifs is 5. The molecule has 0 heterocycles. The zero-order valence-electron chi connectivity index (χ0n) is 20.8. The van der Waals surface area contributed by atoms with E-state index in [4.69, 9.17) is 4.74 Å². The Morgan fingerprint density at radius 1 is 1.03 bits per heavy atom. The van der Waals surface area contributed by atoms with E-state index in [0.29, 0.717) is 10.8 Å². The summed E-state index contributed by atoms with van der Waals surface area (Å²) in [4.78, 5) is 11.5. The molecule has 0 N–H and O–H groups in total. The SMILES string of the molecule is CC(=O)O[C@H]1CC[C@@]2(C)C(=CC[C@H]3[C@@H]4CC[C@H](/C(C)=C\CC=C(C)C)[C@@]4(C)CC[C@@H]32)C1. The fraction of sp³-hybridized carbons (Fsp3) is 0.759. The van der Waals surface area contributed by atoms with Crippen LogP contribution in [0.2, 0.25) is 0 Å². The first-order valence-corrected chi connectivity index (χ1v) is 12.8. The number of hydrogen-bond donors (Lipinski definition) is 0. The highest BCUT2D eigenvalue weighted by Gasteiger charge is 2.58. The van der Waals surface area contributed by atoms with Gasteiger partial charge in [-0.15, -0.1) is 0 Å². The van der Waals surface area contributed by atoms with Crippen LogP contribution in [-0.4, -0.2) is 12.1 Å². The van der Waals surface area contributed by atoms with E-state index in [-0.39, 0.29) is 12.1 Å². The van der Waals surface area contributed by atoms with Crippen LogP contribution >= 0.6 is 0 Å². The van der Waals surface area contributed by atoms with Crippen molar-refractivity contribution < 1.29 is 9.53 Å². The Bertz CT molecular complexity index is 798. The molecule has 0 aliphatic heterocycles. The van der Waals surface area contributed by atoms with Crippen LogP contribution in [0.3, 0.4) is 0 Å². The van der Waals surface area contributed by atoms with Crippen LogP contribution < -0.4 is 0 Å². The molecule has 4 aliphatic rings. The van der Waals surface area contributed by atoms with E-state index in [1.807, 2.05) is 0 Å². The van der Waals surface area contributed by atoms with Crippen molar-refractivity contribution in [1.82, 2.24) is 0 Å². The first-order chi connectivity index (χ1) is 14.6. The van der Waals surface area contributed by atoms with Crippen molar-refractivity contribution in [3.05, 3.63) is 34.9 Å². The summed E-state index contributed by atoms with van der Waals surface area (Å²) in [7, 11) is 0. The van der Waals surface area contributed by atoms with Crippen LogP contribution in [0.1, 0.15) is 99.3 Å². The molecule has 0 unspecified atom stereocenters. The predicted molar refractivity (Wildman–Crippen MR) is 129 cm³/mol. The molecular weight excluding hydrogens is 380 g/mol. The second-order valence-electron chi connectivity index (χ2n) is 11.9. The average Bonchev–Trinajstić information content (AvgIpc) is 3.05. The van der Waals surface area contributed by atoms with Gasteiger partial charge in [-0.25, -0.2) is 0 Å². The Kier molecular flexibility index (Phi) is 6.32. The molecule has 0 saturated heterocycles. The number of hydrogen-bond acceptors (Lipinski definition) is 2. The average molecular weight is 425 g/mol. The third-order valence-corrected chi connectivity index (χ3v) is 9.91. The standard InChI is InChI=1S/C29H44O2/c1-19(2)8-7-9-20(3)25-12-13-26-24-11-10-22-18-23(31-21(4)30)14-16-28(22,5)27(24)15-17-29(25,26)6/h8-10,23-27H,7,11-18H2,1-6H3/b20-9-/t23-,24-,25+,26-,27-,28-,29+/m0/s1. The Morgan fingerprint density at radius 2 is 1.81 bits per heavy atom. The first-order valence-electron chi connectivity index (χ1n) is 12.8. The Labute approximate surface area is 190 Å². The van der Waals surface area contributed by atoms with Crippen LogP contribution in [0, 0.1) is 34.5 Å². The fourth-order valence-corrected chi connectivity index (χ4v) is 8.33. The van der Waals surface area contributed by atoms with E-state index >= 15 is 0 Å². The van der Waals surface area contributed by atoms with Crippen molar-refractivity contribution in [2.45, 2.75) is 105 Å². The quantitative estimate of drug-likeness (QED) is 0.340. The summed E-state index contributed by atoms with van der Waals surface area (Å²) >= 11 is 0. The number of allylic oxidation sites excluding steroid dienone is 5. The van der Waals surface area contributed by atoms with Crippen molar-refractivity contribution >= 4 is 5.97 Å². The lowest BCUT2D eigenvalue weighted by atomic mass is 9.47. The van der Waals surface area contributed by atoms with Crippen molar-refractivity contribution in [3.63, 3.8) is 0 Å². The summed E-state index contributed by atoms with van der Waals surface area (Å²) in [5.41, 5.74) is 5.46. The van der Waals surface area contributed by atoms with E-state index in [0.717, 1.165) is 42.9 Å². The largest absolute Gasteiger partial charge is 0.462 e. The summed E-state index contributed by atoms with van der Waals surface area (Å²) in [6.45, 7) is 13.5. The fourth-order valence-electron chi connectivity index (χ4n) is 8.33. The van der Waals surface area contributed by atoms with Crippen molar-refractivity contribution in [2.24, 2.45) is 34.5 Å². The zero-order chi connectivity index (χ0) is 22.4. The lowest BCUT2D eigenvalue weighted by Crippen LogP contribution is -2.50. The Balaban J connectivity index is 1.52. The molecule has 2 heteroatoms. The third-order valence-electron chi connectivity index (χ3n) is 9.91. The van der Waals surface area contributed by atoms with Gasteiger partial charge in [-0.2, -0.15) is 0 Å². The van der Waals surface area contributed by atoms with Crippen LogP contribution in [-0.2, 0) is 9.53 Å². The highest BCUT2D eigenvalue weighted by molar-refractivity contribution is 5.66. The molecule has 0 aromatic heterocycles. The van der Waals surface area contributed by atoms with Crippen LogP contribution in [0.25, 0.3) is 0 Å². The highest BCUT2D eigenvalue weighted by Crippen LogP contribution is 2.67. The number of esters is 1. The predicted octanol–water partition coefficient (Wildman–Crippen LogP) is 7.80. The van der Waals surface area contributed by atoms with E-state index in [2.05, 4.69) is 52.8 Å². The molecular formula is C29H44O2. The minimum absolute atomic E-state index is 0.103. The second kappa shape index (κ2) is 8.56. The lowest BCUT2D eigenvalue weighted by Gasteiger charge is -2.58. The minimum atomic E-state index is -0.124. The number of carbonyl (C=O) groups is 1. The molecule has 0 spiro atoms. The molecule has 4 aliphatic carbocycles. The maximum absolute atomic E-state index is 11.5. The molecule has 0 bridgehead atoms. The third kappa shape index (κ3) is 4.09. The molecule has 172 valence electrons. The highest BCUT2D eigenvalue weighted by atomic mass is 16.5. The molecule has 7 atom stereocenters. The first kappa shape index (κ1) is 22.9. The number of ether oxygens (including phenoxy) is 1. The summed E-state index contributed by atoms with van der Waals surface area (Å²) < 4.78 is 5.60. The Hall–Kier alpha value is -1.31. The molecule has 4 rings (SSSR count). The topological polar surface area (TPSA) is 26.3 Å². The van der Waals surface area contributed by atoms with Crippen molar-refractivity contribution in [2.75, 3.05) is 0 Å². The van der Waals surface area contributed by atoms with Gasteiger partial charge in [0, 0.05) is 13.3 Å². The van der Waals surface area contributed by atoms with Gasteiger partial charge in [0.15, 0.2) is 0 Å². The summed E-state index contributed by atoms with van der Waals surface area (Å²) in [6.07, 6.45) is 18.6. The van der Waals surface area contributed by atoms with E-state index in [1.54, 1.807) is 18.1 Å². The van der Waals surface area contributed by atoms with Gasteiger partial charge in [-0.3, -0.25) is 4.79 Å². The molecule has 0 radical (unpaired) electrons. The van der Waals surface area contributed by atoms with E-state index < -0.39 is 0 Å². The number of rotatable bonds is 4. The lowest BCUT2D eigenvalue weighted by molar-refractivity contribution is -0.148. The van der Waals surface area contributed by atoms with E-state index in [1.165, 1.54) is 44.1 Å². The van der Waals surface area contributed by atoms with Gasteiger partial charge in [-0.05, 0) is 107 Å². The smallest absolute Gasteiger partial charge is 0.302 e. The second-order valence-corrected chi connectivity index (χ2v) is 11.9. The van der Waals surface area contributed by atoms with Crippen LogP contribution in [0.5, 0.6) is 0 Å². The normalized spacial score (nSPS) is 42.1. The van der Waals surface area contributed by atoms with E-state index in [9.17, 15) is 4.79 Å². The maximum atomic E-state index is 11.5. The molecule has 0 amide bonds. The summed E-state index contributed by atoms with van der Waals surface area (Å²) in [6, 6.07) is 0. The monoisotopic (exact) mass is 424 g/mol. The molecule has 3 fully saturated rings. The maximum Gasteiger partial charge on any atom is 0.302 e. The molecule has 2 nitrogen and oxygen atoms in total. The van der Waals surface area contributed by atoms with Gasteiger partial charge in [-0.1, -0.05) is 48.8 Å². The van der Waals surface area contributed by atoms with Gasteiger partial charge >= 0.3 is 5.97 Å². The van der Waals surface area contributed by atoms with Crippen LogP contribution in [0.15, 0.2) is 34.9 Å². The van der Waals surface area contributed by atoms with Gasteiger partial charge in [0.25, 0.3) is 0 Å². The van der Waals surface area contributed by atoms with Gasteiger partial charge in [0.2, 0.25) is 0 Å². The molecule has 0 aromatic rings. The zero-order valence-corrected chi connectivity index (χ0v) is 20.8. The van der Waals surface area contributed by atoms with Gasteiger partial charge < -0.3 is 4.74 Å². The van der Waals surface area contributed by atoms with Crippen molar-refractivity contribution in [1.29, 1.82) is 0 Å².